The molecule has 0 aliphatic carbocycles. The van der Waals surface area contributed by atoms with Gasteiger partial charge in [-0.25, -0.2) is 9.97 Å². The predicted molar refractivity (Wildman–Crippen MR) is 60.0 cm³/mol. The summed E-state index contributed by atoms with van der Waals surface area (Å²) < 4.78 is 39.1. The summed E-state index contributed by atoms with van der Waals surface area (Å²) in [5.74, 6) is -0.0905. The molecule has 4 nitrogen and oxygen atoms in total. The highest BCUT2D eigenvalue weighted by atomic mass is 19.4. The molecule has 0 atom stereocenters. The van der Waals surface area contributed by atoms with Crippen molar-refractivity contribution in [2.45, 2.75) is 20.0 Å². The Morgan fingerprint density at radius 2 is 1.72 bits per heavy atom. The molecule has 0 unspecified atom stereocenters. The van der Waals surface area contributed by atoms with Crippen LogP contribution in [0.2, 0.25) is 0 Å². The first-order valence-electron chi connectivity index (χ1n) is 5.20. The number of rotatable bonds is 2. The number of hydrogen-bond donors (Lipinski definition) is 1. The fraction of sp³-hybridized carbons (Fsp3) is 0.273. The molecule has 0 aliphatic rings. The van der Waals surface area contributed by atoms with Crippen molar-refractivity contribution < 1.29 is 13.2 Å². The molecule has 0 saturated carbocycles. The Hall–Kier alpha value is -2.05. The molecule has 0 saturated heterocycles. The number of anilines is 1. The summed E-state index contributed by atoms with van der Waals surface area (Å²) >= 11 is 0. The van der Waals surface area contributed by atoms with Gasteiger partial charge in [-0.15, -0.1) is 0 Å². The lowest BCUT2D eigenvalue weighted by atomic mass is 10.4. The molecule has 0 spiro atoms. The van der Waals surface area contributed by atoms with Crippen molar-refractivity contribution in [1.82, 2.24) is 14.6 Å². The topological polar surface area (TPSA) is 42.7 Å². The molecule has 0 aliphatic heterocycles. The van der Waals surface area contributed by atoms with Gasteiger partial charge in [-0.2, -0.15) is 13.2 Å². The van der Waals surface area contributed by atoms with Crippen LogP contribution in [0.5, 0.6) is 0 Å². The maximum atomic E-state index is 12.5. The Bertz CT molecular complexity index is 540. The molecule has 2 rings (SSSR count). The highest BCUT2D eigenvalue weighted by Gasteiger charge is 2.32. The van der Waals surface area contributed by atoms with Crippen LogP contribution in [0.15, 0.2) is 24.4 Å². The van der Waals surface area contributed by atoms with Gasteiger partial charge in [0, 0.05) is 17.6 Å². The minimum absolute atomic E-state index is 0.0905. The Kier molecular flexibility index (Phi) is 2.98. The van der Waals surface area contributed by atoms with E-state index in [1.807, 2.05) is 26.0 Å². The number of alkyl halides is 3. The second-order valence-electron chi connectivity index (χ2n) is 3.83. The van der Waals surface area contributed by atoms with Gasteiger partial charge in [0.1, 0.15) is 5.69 Å². The highest BCUT2D eigenvalue weighted by Crippen LogP contribution is 2.27. The van der Waals surface area contributed by atoms with E-state index in [1.54, 1.807) is 4.68 Å². The first-order valence-corrected chi connectivity index (χ1v) is 5.20. The molecule has 0 bridgehead atoms. The summed E-state index contributed by atoms with van der Waals surface area (Å²) in [7, 11) is 0. The van der Waals surface area contributed by atoms with Crippen LogP contribution in [-0.4, -0.2) is 14.6 Å². The first-order chi connectivity index (χ1) is 8.38. The van der Waals surface area contributed by atoms with E-state index in [0.29, 0.717) is 0 Å². The predicted octanol–water partition coefficient (Wildman–Crippen LogP) is 2.79. The quantitative estimate of drug-likeness (QED) is 0.898. The van der Waals surface area contributed by atoms with Crippen LogP contribution in [-0.2, 0) is 6.18 Å². The summed E-state index contributed by atoms with van der Waals surface area (Å²) in [5.41, 5.74) is 3.47. The van der Waals surface area contributed by atoms with E-state index in [1.165, 1.54) is 0 Å². The van der Waals surface area contributed by atoms with Crippen molar-refractivity contribution in [3.8, 4) is 0 Å². The molecule has 0 aromatic carbocycles. The van der Waals surface area contributed by atoms with Gasteiger partial charge in [0.25, 0.3) is 0 Å². The second kappa shape index (κ2) is 4.32. The lowest BCUT2D eigenvalue weighted by Gasteiger charge is -2.12. The Labute approximate surface area is 101 Å². The fourth-order valence-corrected chi connectivity index (χ4v) is 1.52. The summed E-state index contributed by atoms with van der Waals surface area (Å²) in [6.45, 7) is 3.65. The van der Waals surface area contributed by atoms with Crippen LogP contribution in [0.4, 0.5) is 19.1 Å². The van der Waals surface area contributed by atoms with Crippen molar-refractivity contribution in [3.63, 3.8) is 0 Å². The minimum Gasteiger partial charge on any atom is -0.262 e. The average molecular weight is 256 g/mol. The molecule has 7 heteroatoms. The van der Waals surface area contributed by atoms with Crippen LogP contribution in [0.25, 0.3) is 0 Å². The summed E-state index contributed by atoms with van der Waals surface area (Å²) in [6, 6.07) is 4.52. The Morgan fingerprint density at radius 1 is 1.11 bits per heavy atom. The number of hydrogen-bond acceptors (Lipinski definition) is 3. The molecular weight excluding hydrogens is 245 g/mol. The Balaban J connectivity index is 2.31. The number of aromatic nitrogens is 3. The van der Waals surface area contributed by atoms with Crippen molar-refractivity contribution in [1.29, 1.82) is 0 Å². The standard InChI is InChI=1S/C11H11F3N4/c1-7-3-4-8(2)18(7)17-10-15-6-5-9(16-10)11(12,13)14/h3-6H,1-2H3,(H,15,16,17). The Morgan fingerprint density at radius 3 is 2.28 bits per heavy atom. The fourth-order valence-electron chi connectivity index (χ4n) is 1.52. The minimum atomic E-state index is -4.47. The van der Waals surface area contributed by atoms with Crippen LogP contribution in [0.3, 0.4) is 0 Å². The lowest BCUT2D eigenvalue weighted by Crippen LogP contribution is -2.17. The monoisotopic (exact) mass is 256 g/mol. The third kappa shape index (κ3) is 2.44. The van der Waals surface area contributed by atoms with Crippen molar-refractivity contribution in [2.24, 2.45) is 0 Å². The zero-order chi connectivity index (χ0) is 13.3. The average Bonchev–Trinajstić information content (AvgIpc) is 2.60. The molecule has 2 aromatic heterocycles. The molecule has 0 radical (unpaired) electrons. The van der Waals surface area contributed by atoms with Gasteiger partial charge < -0.3 is 0 Å². The summed E-state index contributed by atoms with van der Waals surface area (Å²) in [4.78, 5) is 7.20. The van der Waals surface area contributed by atoms with E-state index in [-0.39, 0.29) is 5.95 Å². The zero-order valence-corrected chi connectivity index (χ0v) is 9.78. The largest absolute Gasteiger partial charge is 0.433 e. The number of nitrogens with one attached hydrogen (secondary N) is 1. The van der Waals surface area contributed by atoms with Crippen molar-refractivity contribution in [2.75, 3.05) is 5.43 Å². The van der Waals surface area contributed by atoms with Crippen LogP contribution >= 0.6 is 0 Å². The van der Waals surface area contributed by atoms with Gasteiger partial charge in [-0.1, -0.05) is 0 Å². The van der Waals surface area contributed by atoms with Gasteiger partial charge in [0.15, 0.2) is 0 Å². The molecule has 1 N–H and O–H groups in total. The van der Waals surface area contributed by atoms with Gasteiger partial charge in [0.2, 0.25) is 5.95 Å². The molecule has 18 heavy (non-hydrogen) atoms. The number of aryl methyl sites for hydroxylation is 2. The number of halogens is 3. The lowest BCUT2D eigenvalue weighted by molar-refractivity contribution is -0.141. The van der Waals surface area contributed by atoms with Gasteiger partial charge in [-0.3, -0.25) is 10.1 Å². The van der Waals surface area contributed by atoms with E-state index < -0.39 is 11.9 Å². The second-order valence-corrected chi connectivity index (χ2v) is 3.83. The molecule has 2 heterocycles. The van der Waals surface area contributed by atoms with Gasteiger partial charge in [0.05, 0.1) is 0 Å². The third-order valence-corrected chi connectivity index (χ3v) is 2.43. The maximum Gasteiger partial charge on any atom is 0.433 e. The molecular formula is C11H11F3N4. The smallest absolute Gasteiger partial charge is 0.262 e. The molecule has 0 amide bonds. The van der Waals surface area contributed by atoms with Crippen molar-refractivity contribution in [3.05, 3.63) is 41.5 Å². The summed E-state index contributed by atoms with van der Waals surface area (Å²) in [5, 5.41) is 0. The van der Waals surface area contributed by atoms with E-state index in [9.17, 15) is 13.2 Å². The van der Waals surface area contributed by atoms with Crippen LogP contribution in [0.1, 0.15) is 17.1 Å². The van der Waals surface area contributed by atoms with E-state index >= 15 is 0 Å². The molecule has 2 aromatic rings. The number of nitrogens with zero attached hydrogens (tertiary/aromatic N) is 3. The maximum absolute atomic E-state index is 12.5. The van der Waals surface area contributed by atoms with E-state index in [0.717, 1.165) is 23.7 Å². The SMILES string of the molecule is Cc1ccc(C)n1Nc1nccc(C(F)(F)F)n1. The third-order valence-electron chi connectivity index (χ3n) is 2.43. The van der Waals surface area contributed by atoms with E-state index in [2.05, 4.69) is 15.4 Å². The zero-order valence-electron chi connectivity index (χ0n) is 9.78. The molecule has 96 valence electrons. The highest BCUT2D eigenvalue weighted by molar-refractivity contribution is 5.29. The van der Waals surface area contributed by atoms with Crippen LogP contribution < -0.4 is 5.43 Å². The van der Waals surface area contributed by atoms with Gasteiger partial charge in [-0.05, 0) is 32.0 Å². The van der Waals surface area contributed by atoms with E-state index in [4.69, 9.17) is 0 Å². The normalized spacial score (nSPS) is 11.6. The van der Waals surface area contributed by atoms with Gasteiger partial charge >= 0.3 is 6.18 Å². The van der Waals surface area contributed by atoms with Crippen molar-refractivity contribution >= 4 is 5.95 Å². The van der Waals surface area contributed by atoms with Crippen LogP contribution in [0, 0.1) is 13.8 Å². The first kappa shape index (κ1) is 12.4. The molecule has 0 fully saturated rings. The summed E-state index contributed by atoms with van der Waals surface area (Å²) in [6.07, 6.45) is -3.40.